The van der Waals surface area contributed by atoms with Crippen LogP contribution in [0.3, 0.4) is 0 Å². The first-order chi connectivity index (χ1) is 20.6. The molecule has 2 aliphatic heterocycles. The van der Waals surface area contributed by atoms with Crippen molar-refractivity contribution >= 4 is 29.8 Å². The van der Waals surface area contributed by atoms with Crippen LogP contribution in [0.4, 0.5) is 4.79 Å². The summed E-state index contributed by atoms with van der Waals surface area (Å²) in [6.45, 7) is 1.76. The monoisotopic (exact) mass is 594 g/mol. The maximum absolute atomic E-state index is 13.7. The van der Waals surface area contributed by atoms with Gasteiger partial charge in [0.2, 0.25) is 11.8 Å². The summed E-state index contributed by atoms with van der Waals surface area (Å²) in [5, 5.41) is 25.1. The highest BCUT2D eigenvalue weighted by molar-refractivity contribution is 5.89. The maximum Gasteiger partial charge on any atom is 0.407 e. The molecular formula is C31H38N4O8. The third kappa shape index (κ3) is 8.31. The Labute approximate surface area is 250 Å². The summed E-state index contributed by atoms with van der Waals surface area (Å²) in [5.41, 5.74) is 1.77. The van der Waals surface area contributed by atoms with Gasteiger partial charge in [-0.05, 0) is 49.7 Å². The molecule has 230 valence electrons. The zero-order valence-corrected chi connectivity index (χ0v) is 24.1. The summed E-state index contributed by atoms with van der Waals surface area (Å²) in [5.74, 6) is -3.27. The Bertz CT molecular complexity index is 1290. The Balaban J connectivity index is 1.35. The van der Waals surface area contributed by atoms with Gasteiger partial charge in [0.1, 0.15) is 25.2 Å². The number of carbonyl (C=O) groups is 5. The molecule has 12 heteroatoms. The molecule has 2 aromatic rings. The van der Waals surface area contributed by atoms with Gasteiger partial charge in [0.15, 0.2) is 0 Å². The summed E-state index contributed by atoms with van der Waals surface area (Å²) in [6, 6.07) is 14.9. The molecule has 4 rings (SSSR count). The topological polar surface area (TPSA) is 166 Å². The quantitative estimate of drug-likeness (QED) is 0.287. The van der Waals surface area contributed by atoms with Gasteiger partial charge in [-0.15, -0.1) is 0 Å². The highest BCUT2D eigenvalue weighted by Crippen LogP contribution is 2.36. The highest BCUT2D eigenvalue weighted by Gasteiger charge is 2.50. The molecule has 2 fully saturated rings. The Morgan fingerprint density at radius 2 is 1.63 bits per heavy atom. The van der Waals surface area contributed by atoms with Crippen LogP contribution in [0.5, 0.6) is 0 Å². The summed E-state index contributed by atoms with van der Waals surface area (Å²) >= 11 is 0. The van der Waals surface area contributed by atoms with E-state index in [0.717, 1.165) is 11.1 Å². The van der Waals surface area contributed by atoms with Crippen molar-refractivity contribution in [3.05, 3.63) is 71.8 Å². The number of likely N-dealkylation sites (tertiary alicyclic amines) is 2. The van der Waals surface area contributed by atoms with Gasteiger partial charge in [-0.2, -0.15) is 0 Å². The van der Waals surface area contributed by atoms with E-state index in [1.807, 2.05) is 60.7 Å². The average Bonchev–Trinajstić information content (AvgIpc) is 3.40. The van der Waals surface area contributed by atoms with Crippen molar-refractivity contribution < 1.29 is 38.9 Å². The van der Waals surface area contributed by atoms with Gasteiger partial charge in [-0.25, -0.2) is 9.59 Å². The van der Waals surface area contributed by atoms with Gasteiger partial charge in [0.25, 0.3) is 0 Å². The SMILES string of the molecule is CC(NC(CCc1ccccc1)C(=O)O)C(=O)N1C(C(=O)O)CC2CCN(C(=O)CNC(=O)OCc3ccccc3)CC21. The zero-order chi connectivity index (χ0) is 30.9. The molecule has 2 heterocycles. The van der Waals surface area contributed by atoms with Crippen LogP contribution in [-0.4, -0.2) is 93.7 Å². The molecular weight excluding hydrogens is 556 g/mol. The Hall–Kier alpha value is -4.45. The minimum absolute atomic E-state index is 0.0587. The Morgan fingerprint density at radius 1 is 0.977 bits per heavy atom. The number of ether oxygens (including phenoxy) is 1. The smallest absolute Gasteiger partial charge is 0.407 e. The van der Waals surface area contributed by atoms with Crippen LogP contribution in [0, 0.1) is 5.92 Å². The largest absolute Gasteiger partial charge is 0.480 e. The van der Waals surface area contributed by atoms with Crippen LogP contribution >= 0.6 is 0 Å². The van der Waals surface area contributed by atoms with Gasteiger partial charge in [-0.1, -0.05) is 60.7 Å². The Morgan fingerprint density at radius 3 is 2.26 bits per heavy atom. The molecule has 2 saturated heterocycles. The standard InChI is InChI=1S/C31H38N4O8/c1-20(33-24(29(38)39)13-12-21-8-4-2-5-9-21)28(37)35-25(30(40)41)16-23-14-15-34(18-26(23)35)27(36)17-32-31(42)43-19-22-10-6-3-7-11-22/h2-11,20,23-26,33H,12-19H2,1H3,(H,32,42)(H,38,39)(H,40,41). The molecule has 5 unspecified atom stereocenters. The van der Waals surface area contributed by atoms with Gasteiger partial charge in [0, 0.05) is 13.1 Å². The molecule has 2 aromatic carbocycles. The Kier molecular flexibility index (Phi) is 10.7. The van der Waals surface area contributed by atoms with Crippen molar-refractivity contribution in [1.82, 2.24) is 20.4 Å². The predicted molar refractivity (Wildman–Crippen MR) is 155 cm³/mol. The molecule has 12 nitrogen and oxygen atoms in total. The number of nitrogens with one attached hydrogen (secondary N) is 2. The lowest BCUT2D eigenvalue weighted by Crippen LogP contribution is -2.59. The normalized spacial score (nSPS) is 20.9. The molecule has 0 radical (unpaired) electrons. The fourth-order valence-electron chi connectivity index (χ4n) is 5.83. The molecule has 0 saturated carbocycles. The van der Waals surface area contributed by atoms with E-state index < -0.39 is 48.1 Å². The van der Waals surface area contributed by atoms with Crippen LogP contribution in [-0.2, 0) is 36.9 Å². The third-order valence-corrected chi connectivity index (χ3v) is 8.11. The van der Waals surface area contributed by atoms with E-state index in [-0.39, 0.29) is 44.4 Å². The van der Waals surface area contributed by atoms with E-state index in [1.54, 1.807) is 0 Å². The molecule has 2 aliphatic rings. The van der Waals surface area contributed by atoms with Crippen molar-refractivity contribution in [3.8, 4) is 0 Å². The second-order valence-electron chi connectivity index (χ2n) is 11.0. The molecule has 0 bridgehead atoms. The first kappa shape index (κ1) is 31.5. The first-order valence-electron chi connectivity index (χ1n) is 14.4. The number of carboxylic acids is 2. The second-order valence-corrected chi connectivity index (χ2v) is 11.0. The number of hydrogen-bond donors (Lipinski definition) is 4. The van der Waals surface area contributed by atoms with E-state index in [4.69, 9.17) is 4.74 Å². The lowest BCUT2D eigenvalue weighted by Gasteiger charge is -2.40. The second kappa shape index (κ2) is 14.6. The summed E-state index contributed by atoms with van der Waals surface area (Å²) in [7, 11) is 0. The van der Waals surface area contributed by atoms with Gasteiger partial charge in [-0.3, -0.25) is 19.7 Å². The number of fused-ring (bicyclic) bond motifs is 1. The van der Waals surface area contributed by atoms with E-state index in [0.29, 0.717) is 19.4 Å². The number of alkyl carbamates (subject to hydrolysis) is 1. The number of benzene rings is 2. The highest BCUT2D eigenvalue weighted by atomic mass is 16.5. The average molecular weight is 595 g/mol. The number of carbonyl (C=O) groups excluding carboxylic acids is 3. The number of piperidine rings is 1. The van der Waals surface area contributed by atoms with Crippen molar-refractivity contribution in [2.24, 2.45) is 5.92 Å². The molecule has 0 spiro atoms. The number of rotatable bonds is 12. The van der Waals surface area contributed by atoms with E-state index >= 15 is 0 Å². The van der Waals surface area contributed by atoms with Crippen LogP contribution < -0.4 is 10.6 Å². The fraction of sp³-hybridized carbons (Fsp3) is 0.452. The number of hydrogen-bond acceptors (Lipinski definition) is 7. The van der Waals surface area contributed by atoms with Crippen LogP contribution in [0.15, 0.2) is 60.7 Å². The maximum atomic E-state index is 13.7. The van der Waals surface area contributed by atoms with Gasteiger partial charge < -0.3 is 30.1 Å². The van der Waals surface area contributed by atoms with Gasteiger partial charge >= 0.3 is 18.0 Å². The first-order valence-corrected chi connectivity index (χ1v) is 14.4. The van der Waals surface area contributed by atoms with Crippen LogP contribution in [0.2, 0.25) is 0 Å². The van der Waals surface area contributed by atoms with Crippen molar-refractivity contribution in [2.45, 2.75) is 63.4 Å². The third-order valence-electron chi connectivity index (χ3n) is 8.11. The fourth-order valence-corrected chi connectivity index (χ4v) is 5.83. The van der Waals surface area contributed by atoms with E-state index in [1.165, 1.54) is 16.7 Å². The van der Waals surface area contributed by atoms with Crippen LogP contribution in [0.25, 0.3) is 0 Å². The molecule has 0 aliphatic carbocycles. The van der Waals surface area contributed by atoms with E-state index in [2.05, 4.69) is 10.6 Å². The minimum atomic E-state index is -1.14. The number of carboxylic acid groups (broad SMARTS) is 2. The summed E-state index contributed by atoms with van der Waals surface area (Å²) in [4.78, 5) is 65.7. The van der Waals surface area contributed by atoms with Crippen LogP contribution in [0.1, 0.15) is 37.3 Å². The summed E-state index contributed by atoms with van der Waals surface area (Å²) in [6.07, 6.45) is 0.743. The minimum Gasteiger partial charge on any atom is -0.480 e. The lowest BCUT2D eigenvalue weighted by atomic mass is 9.91. The lowest BCUT2D eigenvalue weighted by molar-refractivity contribution is -0.152. The number of aryl methyl sites for hydroxylation is 1. The molecule has 4 N–H and O–H groups in total. The molecule has 3 amide bonds. The van der Waals surface area contributed by atoms with Crippen molar-refractivity contribution in [1.29, 1.82) is 0 Å². The van der Waals surface area contributed by atoms with E-state index in [9.17, 15) is 34.2 Å². The predicted octanol–water partition coefficient (Wildman–Crippen LogP) is 1.88. The number of amides is 3. The van der Waals surface area contributed by atoms with Gasteiger partial charge in [0.05, 0.1) is 12.1 Å². The summed E-state index contributed by atoms with van der Waals surface area (Å²) < 4.78 is 5.15. The molecule has 5 atom stereocenters. The van der Waals surface area contributed by atoms with Crippen molar-refractivity contribution in [2.75, 3.05) is 19.6 Å². The molecule has 43 heavy (non-hydrogen) atoms. The number of aliphatic carboxylic acids is 2. The zero-order valence-electron chi connectivity index (χ0n) is 24.1. The number of nitrogens with zero attached hydrogens (tertiary/aromatic N) is 2. The van der Waals surface area contributed by atoms with Crippen molar-refractivity contribution in [3.63, 3.8) is 0 Å². The molecule has 0 aromatic heterocycles.